The van der Waals surface area contributed by atoms with Crippen molar-refractivity contribution in [3.05, 3.63) is 107 Å². The number of benzene rings is 4. The van der Waals surface area contributed by atoms with Gasteiger partial charge in [0.15, 0.2) is 0 Å². The molecule has 0 bridgehead atoms. The number of anilines is 2. The second-order valence-corrected chi connectivity index (χ2v) is 8.91. The number of hydrogen-bond acceptors (Lipinski definition) is 4. The number of hydrogen-bond donors (Lipinski definition) is 4. The maximum atomic E-state index is 13.5. The SMILES string of the molecule is CC(NC(=O)c1cc(Nc2cccc(CN)c2)ccc1CCCC(=O)O)c1cccc2ccccc12. The highest BCUT2D eigenvalue weighted by atomic mass is 16.4. The molecule has 36 heavy (non-hydrogen) atoms. The molecule has 0 heterocycles. The Morgan fingerprint density at radius 2 is 1.67 bits per heavy atom. The number of nitrogens with one attached hydrogen (secondary N) is 2. The van der Waals surface area contributed by atoms with Crippen LogP contribution in [0.2, 0.25) is 0 Å². The van der Waals surface area contributed by atoms with Crippen LogP contribution in [0, 0.1) is 0 Å². The molecule has 0 spiro atoms. The number of amides is 1. The van der Waals surface area contributed by atoms with Gasteiger partial charge in [-0.2, -0.15) is 0 Å². The quantitative estimate of drug-likeness (QED) is 0.224. The summed E-state index contributed by atoms with van der Waals surface area (Å²) in [6, 6.07) is 27.4. The molecular weight excluding hydrogens is 450 g/mol. The fourth-order valence-electron chi connectivity index (χ4n) is 4.44. The molecule has 184 valence electrons. The first-order chi connectivity index (χ1) is 17.4. The maximum Gasteiger partial charge on any atom is 0.303 e. The minimum Gasteiger partial charge on any atom is -0.481 e. The summed E-state index contributed by atoms with van der Waals surface area (Å²) in [4.78, 5) is 24.5. The number of carbonyl (C=O) groups excluding carboxylic acids is 1. The smallest absolute Gasteiger partial charge is 0.303 e. The normalized spacial score (nSPS) is 11.7. The molecule has 0 saturated carbocycles. The van der Waals surface area contributed by atoms with Gasteiger partial charge in [-0.05, 0) is 71.5 Å². The van der Waals surface area contributed by atoms with E-state index in [4.69, 9.17) is 10.8 Å². The third kappa shape index (κ3) is 6.09. The first kappa shape index (κ1) is 24.9. The molecule has 6 heteroatoms. The average molecular weight is 482 g/mol. The van der Waals surface area contributed by atoms with Crippen LogP contribution >= 0.6 is 0 Å². The third-order valence-corrected chi connectivity index (χ3v) is 6.28. The highest BCUT2D eigenvalue weighted by molar-refractivity contribution is 5.97. The number of carboxylic acids is 1. The summed E-state index contributed by atoms with van der Waals surface area (Å²) in [7, 11) is 0. The molecule has 4 rings (SSSR count). The number of carbonyl (C=O) groups is 2. The molecule has 4 aromatic rings. The number of fused-ring (bicyclic) bond motifs is 1. The summed E-state index contributed by atoms with van der Waals surface area (Å²) in [5.74, 6) is -1.04. The van der Waals surface area contributed by atoms with Gasteiger partial charge in [0.1, 0.15) is 0 Å². The van der Waals surface area contributed by atoms with E-state index in [1.165, 1.54) is 0 Å². The lowest BCUT2D eigenvalue weighted by molar-refractivity contribution is -0.137. The van der Waals surface area contributed by atoms with Crippen molar-refractivity contribution in [3.8, 4) is 0 Å². The topological polar surface area (TPSA) is 104 Å². The molecule has 1 atom stereocenters. The predicted octanol–water partition coefficient (Wildman–Crippen LogP) is 5.94. The lowest BCUT2D eigenvalue weighted by Gasteiger charge is -2.19. The van der Waals surface area contributed by atoms with Crippen molar-refractivity contribution in [3.63, 3.8) is 0 Å². The van der Waals surface area contributed by atoms with E-state index in [1.54, 1.807) is 0 Å². The molecule has 1 unspecified atom stereocenters. The first-order valence-corrected chi connectivity index (χ1v) is 12.1. The summed E-state index contributed by atoms with van der Waals surface area (Å²) >= 11 is 0. The lowest BCUT2D eigenvalue weighted by atomic mass is 9.97. The van der Waals surface area contributed by atoms with Crippen molar-refractivity contribution < 1.29 is 14.7 Å². The molecule has 0 aliphatic rings. The second-order valence-electron chi connectivity index (χ2n) is 8.91. The van der Waals surface area contributed by atoms with Gasteiger partial charge in [0.05, 0.1) is 6.04 Å². The van der Waals surface area contributed by atoms with Crippen LogP contribution in [-0.2, 0) is 17.8 Å². The van der Waals surface area contributed by atoms with Crippen LogP contribution in [-0.4, -0.2) is 17.0 Å². The molecule has 6 nitrogen and oxygen atoms in total. The summed E-state index contributed by atoms with van der Waals surface area (Å²) in [5, 5.41) is 17.8. The first-order valence-electron chi connectivity index (χ1n) is 12.1. The molecule has 0 aromatic heterocycles. The Kier molecular flexibility index (Phi) is 7.98. The summed E-state index contributed by atoms with van der Waals surface area (Å²) < 4.78 is 0. The van der Waals surface area contributed by atoms with Crippen LogP contribution in [0.1, 0.15) is 52.9 Å². The van der Waals surface area contributed by atoms with Crippen molar-refractivity contribution in [2.45, 2.75) is 38.8 Å². The van der Waals surface area contributed by atoms with Gasteiger partial charge < -0.3 is 21.5 Å². The zero-order chi connectivity index (χ0) is 25.5. The van der Waals surface area contributed by atoms with Gasteiger partial charge in [-0.1, -0.05) is 60.7 Å². The Balaban J connectivity index is 1.60. The highest BCUT2D eigenvalue weighted by Crippen LogP contribution is 2.26. The van der Waals surface area contributed by atoms with E-state index in [1.807, 2.05) is 73.7 Å². The third-order valence-electron chi connectivity index (χ3n) is 6.28. The number of rotatable bonds is 10. The van der Waals surface area contributed by atoms with Gasteiger partial charge in [-0.3, -0.25) is 9.59 Å². The number of aliphatic carboxylic acids is 1. The van der Waals surface area contributed by atoms with Gasteiger partial charge in [0.25, 0.3) is 5.91 Å². The standard InChI is InChI=1S/C30H31N3O3/c1-20(26-13-5-9-22-8-2-3-12-27(22)26)32-30(36)28-18-25(16-15-23(28)10-6-14-29(34)35)33-24-11-4-7-21(17-24)19-31/h2-5,7-9,11-13,15-18,20,33H,6,10,14,19,31H2,1H3,(H,32,36)(H,34,35). The Morgan fingerprint density at radius 1 is 0.917 bits per heavy atom. The number of aryl methyl sites for hydroxylation is 1. The largest absolute Gasteiger partial charge is 0.481 e. The van der Waals surface area contributed by atoms with E-state index in [-0.39, 0.29) is 18.4 Å². The van der Waals surface area contributed by atoms with E-state index in [2.05, 4.69) is 28.8 Å². The Hall–Kier alpha value is -4.16. The zero-order valence-corrected chi connectivity index (χ0v) is 20.3. The number of nitrogens with two attached hydrogens (primary N) is 1. The van der Waals surface area contributed by atoms with E-state index in [0.717, 1.165) is 38.8 Å². The lowest BCUT2D eigenvalue weighted by Crippen LogP contribution is -2.28. The van der Waals surface area contributed by atoms with Crippen molar-refractivity contribution >= 4 is 34.0 Å². The van der Waals surface area contributed by atoms with Crippen LogP contribution in [0.25, 0.3) is 10.8 Å². The molecule has 0 fully saturated rings. The molecule has 0 aliphatic carbocycles. The Labute approximate surface area is 211 Å². The summed E-state index contributed by atoms with van der Waals surface area (Å²) in [6.45, 7) is 2.42. The van der Waals surface area contributed by atoms with Gasteiger partial charge >= 0.3 is 5.97 Å². The van der Waals surface area contributed by atoms with Crippen molar-refractivity contribution in [2.24, 2.45) is 5.73 Å². The van der Waals surface area contributed by atoms with E-state index in [0.29, 0.717) is 24.9 Å². The second kappa shape index (κ2) is 11.5. The predicted molar refractivity (Wildman–Crippen MR) is 144 cm³/mol. The van der Waals surface area contributed by atoms with Gasteiger partial charge in [0, 0.05) is 29.9 Å². The zero-order valence-electron chi connectivity index (χ0n) is 20.3. The fourth-order valence-corrected chi connectivity index (χ4v) is 4.44. The Bertz CT molecular complexity index is 1380. The summed E-state index contributed by atoms with van der Waals surface area (Å²) in [6.07, 6.45) is 1.01. The molecule has 4 aromatic carbocycles. The van der Waals surface area contributed by atoms with E-state index >= 15 is 0 Å². The van der Waals surface area contributed by atoms with Crippen molar-refractivity contribution in [1.82, 2.24) is 5.32 Å². The van der Waals surface area contributed by atoms with Crippen molar-refractivity contribution in [2.75, 3.05) is 5.32 Å². The number of carboxylic acid groups (broad SMARTS) is 1. The van der Waals surface area contributed by atoms with Crippen LogP contribution in [0.4, 0.5) is 11.4 Å². The molecule has 1 amide bonds. The molecule has 0 aliphatic heterocycles. The minimum atomic E-state index is -0.844. The molecule has 0 radical (unpaired) electrons. The van der Waals surface area contributed by atoms with Crippen LogP contribution < -0.4 is 16.4 Å². The van der Waals surface area contributed by atoms with Crippen LogP contribution in [0.5, 0.6) is 0 Å². The summed E-state index contributed by atoms with van der Waals surface area (Å²) in [5.41, 5.74) is 10.8. The van der Waals surface area contributed by atoms with Crippen molar-refractivity contribution in [1.29, 1.82) is 0 Å². The molecule has 5 N–H and O–H groups in total. The molecule has 0 saturated heterocycles. The van der Waals surface area contributed by atoms with Gasteiger partial charge in [0.2, 0.25) is 0 Å². The van der Waals surface area contributed by atoms with E-state index in [9.17, 15) is 9.59 Å². The monoisotopic (exact) mass is 481 g/mol. The van der Waals surface area contributed by atoms with Crippen LogP contribution in [0.15, 0.2) is 84.9 Å². The average Bonchev–Trinajstić information content (AvgIpc) is 2.88. The fraction of sp³-hybridized carbons (Fsp3) is 0.200. The molecular formula is C30H31N3O3. The van der Waals surface area contributed by atoms with Crippen LogP contribution in [0.3, 0.4) is 0 Å². The Morgan fingerprint density at radius 3 is 2.47 bits per heavy atom. The highest BCUT2D eigenvalue weighted by Gasteiger charge is 2.17. The van der Waals surface area contributed by atoms with Gasteiger partial charge in [-0.15, -0.1) is 0 Å². The maximum absolute atomic E-state index is 13.5. The van der Waals surface area contributed by atoms with Gasteiger partial charge in [-0.25, -0.2) is 0 Å². The van der Waals surface area contributed by atoms with E-state index < -0.39 is 5.97 Å². The minimum absolute atomic E-state index is 0.0549.